The number of nitrogens with zero attached hydrogens (tertiary/aromatic N) is 4. The van der Waals surface area contributed by atoms with Crippen LogP contribution in [-0.2, 0) is 6.54 Å². The predicted octanol–water partition coefficient (Wildman–Crippen LogP) is 2.81. The number of aryl methyl sites for hydroxylation is 1. The van der Waals surface area contributed by atoms with Crippen molar-refractivity contribution in [2.45, 2.75) is 46.1 Å². The van der Waals surface area contributed by atoms with E-state index in [0.29, 0.717) is 5.41 Å². The Hall–Kier alpha value is -1.91. The van der Waals surface area contributed by atoms with Crippen molar-refractivity contribution < 1.29 is 0 Å². The number of nitrogen functional groups attached to an aromatic ring is 1. The minimum atomic E-state index is 0.388. The largest absolute Gasteiger partial charge is 0.399 e. The number of hydrogen-bond donors (Lipinski definition) is 1. The molecule has 1 heterocycles. The van der Waals surface area contributed by atoms with E-state index in [-0.39, 0.29) is 0 Å². The second-order valence-electron chi connectivity index (χ2n) is 6.00. The van der Waals surface area contributed by atoms with Crippen LogP contribution in [-0.4, -0.2) is 20.2 Å². The molecule has 2 aromatic rings. The van der Waals surface area contributed by atoms with Gasteiger partial charge in [0.25, 0.3) is 0 Å². The molecule has 5 nitrogen and oxygen atoms in total. The van der Waals surface area contributed by atoms with Gasteiger partial charge in [0.15, 0.2) is 5.82 Å². The topological polar surface area (TPSA) is 69.6 Å². The van der Waals surface area contributed by atoms with Crippen LogP contribution in [0, 0.1) is 12.3 Å². The first-order valence-corrected chi connectivity index (χ1v) is 7.26. The van der Waals surface area contributed by atoms with E-state index in [9.17, 15) is 0 Å². The summed E-state index contributed by atoms with van der Waals surface area (Å²) in [5.74, 6) is 0.820. The van der Waals surface area contributed by atoms with Crippen molar-refractivity contribution in [3.63, 3.8) is 0 Å². The first-order valence-electron chi connectivity index (χ1n) is 7.26. The van der Waals surface area contributed by atoms with Gasteiger partial charge in [0, 0.05) is 11.3 Å². The number of aromatic nitrogens is 4. The maximum absolute atomic E-state index is 5.93. The average Bonchev–Trinajstić information content (AvgIpc) is 2.80. The SMILES string of the molecule is CCC1(Cn2nnnc2-c2cc(C)cc(N)c2)CCC1. The van der Waals surface area contributed by atoms with Crippen LogP contribution in [0.5, 0.6) is 0 Å². The molecule has 0 amide bonds. The molecule has 0 bridgehead atoms. The molecule has 0 saturated heterocycles. The molecule has 0 aliphatic heterocycles. The van der Waals surface area contributed by atoms with Gasteiger partial charge in [-0.2, -0.15) is 0 Å². The quantitative estimate of drug-likeness (QED) is 0.868. The Balaban J connectivity index is 1.93. The third-order valence-corrected chi connectivity index (χ3v) is 4.54. The average molecular weight is 271 g/mol. The molecule has 1 aromatic carbocycles. The lowest BCUT2D eigenvalue weighted by Crippen LogP contribution is -2.34. The summed E-state index contributed by atoms with van der Waals surface area (Å²) in [6.07, 6.45) is 5.06. The van der Waals surface area contributed by atoms with Gasteiger partial charge >= 0.3 is 0 Å². The fourth-order valence-electron chi connectivity index (χ4n) is 3.08. The van der Waals surface area contributed by atoms with Crippen LogP contribution in [0.15, 0.2) is 18.2 Å². The fourth-order valence-corrected chi connectivity index (χ4v) is 3.08. The van der Waals surface area contributed by atoms with Crippen LogP contribution >= 0.6 is 0 Å². The molecule has 0 radical (unpaired) electrons. The smallest absolute Gasteiger partial charge is 0.182 e. The molecule has 20 heavy (non-hydrogen) atoms. The maximum atomic E-state index is 5.93. The van der Waals surface area contributed by atoms with Gasteiger partial charge in [0.1, 0.15) is 0 Å². The monoisotopic (exact) mass is 271 g/mol. The molecule has 1 saturated carbocycles. The maximum Gasteiger partial charge on any atom is 0.182 e. The normalized spacial score (nSPS) is 16.9. The Morgan fingerprint density at radius 1 is 1.30 bits per heavy atom. The lowest BCUT2D eigenvalue weighted by Gasteiger charge is -2.41. The van der Waals surface area contributed by atoms with Crippen LogP contribution in [0.4, 0.5) is 5.69 Å². The molecule has 0 unspecified atom stereocenters. The Morgan fingerprint density at radius 2 is 2.10 bits per heavy atom. The molecule has 2 N–H and O–H groups in total. The van der Waals surface area contributed by atoms with Crippen molar-refractivity contribution in [2.24, 2.45) is 5.41 Å². The van der Waals surface area contributed by atoms with Crippen LogP contribution in [0.1, 0.15) is 38.2 Å². The van der Waals surface area contributed by atoms with E-state index in [2.05, 4.69) is 28.5 Å². The standard InChI is InChI=1S/C15H21N5/c1-3-15(5-4-6-15)10-20-14(17-18-19-20)12-7-11(2)8-13(16)9-12/h7-9H,3-6,10,16H2,1-2H3. The van der Waals surface area contributed by atoms with Gasteiger partial charge in [-0.15, -0.1) is 5.10 Å². The Labute approximate surface area is 119 Å². The fraction of sp³-hybridized carbons (Fsp3) is 0.533. The summed E-state index contributed by atoms with van der Waals surface area (Å²) in [7, 11) is 0. The summed E-state index contributed by atoms with van der Waals surface area (Å²) in [6, 6.07) is 5.98. The Kier molecular flexibility index (Phi) is 3.20. The second kappa shape index (κ2) is 4.89. The van der Waals surface area contributed by atoms with E-state index in [1.807, 2.05) is 23.7 Å². The van der Waals surface area contributed by atoms with E-state index >= 15 is 0 Å². The van der Waals surface area contributed by atoms with Crippen LogP contribution < -0.4 is 5.73 Å². The van der Waals surface area contributed by atoms with Crippen LogP contribution in [0.2, 0.25) is 0 Å². The minimum absolute atomic E-state index is 0.388. The highest BCUT2D eigenvalue weighted by Gasteiger charge is 2.36. The van der Waals surface area contributed by atoms with Crippen molar-refractivity contribution >= 4 is 5.69 Å². The lowest BCUT2D eigenvalue weighted by molar-refractivity contribution is 0.0948. The first kappa shape index (κ1) is 13.1. The highest BCUT2D eigenvalue weighted by molar-refractivity contribution is 5.62. The molecule has 1 aliphatic rings. The summed E-state index contributed by atoms with van der Waals surface area (Å²) >= 11 is 0. The molecule has 0 spiro atoms. The Morgan fingerprint density at radius 3 is 2.70 bits per heavy atom. The van der Waals surface area contributed by atoms with Crippen molar-refractivity contribution in [3.05, 3.63) is 23.8 Å². The molecular formula is C15H21N5. The van der Waals surface area contributed by atoms with E-state index in [1.165, 1.54) is 25.7 Å². The molecular weight excluding hydrogens is 250 g/mol. The summed E-state index contributed by atoms with van der Waals surface area (Å²) in [4.78, 5) is 0. The van der Waals surface area contributed by atoms with Gasteiger partial charge < -0.3 is 5.73 Å². The van der Waals surface area contributed by atoms with Gasteiger partial charge in [-0.05, 0) is 65.8 Å². The number of hydrogen-bond acceptors (Lipinski definition) is 4. The molecule has 0 atom stereocenters. The number of tetrazole rings is 1. The minimum Gasteiger partial charge on any atom is -0.399 e. The molecule has 106 valence electrons. The number of nitrogens with two attached hydrogens (primary N) is 1. The van der Waals surface area contributed by atoms with Gasteiger partial charge in [-0.1, -0.05) is 13.3 Å². The van der Waals surface area contributed by atoms with E-state index < -0.39 is 0 Å². The molecule has 3 rings (SSSR count). The van der Waals surface area contributed by atoms with E-state index in [0.717, 1.165) is 29.2 Å². The second-order valence-corrected chi connectivity index (χ2v) is 6.00. The van der Waals surface area contributed by atoms with Gasteiger partial charge in [-0.3, -0.25) is 0 Å². The predicted molar refractivity (Wildman–Crippen MR) is 79.0 cm³/mol. The zero-order valence-corrected chi connectivity index (χ0v) is 12.1. The summed E-state index contributed by atoms with van der Waals surface area (Å²) in [5, 5.41) is 12.2. The zero-order chi connectivity index (χ0) is 14.2. The number of benzene rings is 1. The summed E-state index contributed by atoms with van der Waals surface area (Å²) in [6.45, 7) is 5.20. The van der Waals surface area contributed by atoms with Gasteiger partial charge in [-0.25, -0.2) is 4.68 Å². The van der Waals surface area contributed by atoms with Crippen LogP contribution in [0.3, 0.4) is 0 Å². The van der Waals surface area contributed by atoms with E-state index in [4.69, 9.17) is 5.73 Å². The first-order chi connectivity index (χ1) is 9.62. The van der Waals surface area contributed by atoms with E-state index in [1.54, 1.807) is 0 Å². The highest BCUT2D eigenvalue weighted by Crippen LogP contribution is 2.45. The lowest BCUT2D eigenvalue weighted by atomic mass is 9.67. The van der Waals surface area contributed by atoms with Crippen molar-refractivity contribution in [3.8, 4) is 11.4 Å². The van der Waals surface area contributed by atoms with Crippen molar-refractivity contribution in [2.75, 3.05) is 5.73 Å². The molecule has 5 heteroatoms. The van der Waals surface area contributed by atoms with Crippen molar-refractivity contribution in [1.29, 1.82) is 0 Å². The zero-order valence-electron chi connectivity index (χ0n) is 12.1. The van der Waals surface area contributed by atoms with Gasteiger partial charge in [0.05, 0.1) is 6.54 Å². The molecule has 1 aliphatic carbocycles. The number of anilines is 1. The summed E-state index contributed by atoms with van der Waals surface area (Å²) in [5.41, 5.74) is 9.20. The third kappa shape index (κ3) is 2.28. The van der Waals surface area contributed by atoms with Gasteiger partial charge in [0.2, 0.25) is 0 Å². The Bertz CT molecular complexity index is 587. The van der Waals surface area contributed by atoms with Crippen LogP contribution in [0.25, 0.3) is 11.4 Å². The number of rotatable bonds is 4. The summed E-state index contributed by atoms with van der Waals surface area (Å²) < 4.78 is 1.94. The third-order valence-electron chi connectivity index (χ3n) is 4.54. The highest BCUT2D eigenvalue weighted by atomic mass is 15.5. The molecule has 1 aromatic heterocycles. The molecule has 1 fully saturated rings. The van der Waals surface area contributed by atoms with Crippen molar-refractivity contribution in [1.82, 2.24) is 20.2 Å².